The molecule has 4 aromatic rings. The SMILES string of the molecule is Cc1ccc(/C(O)=C2/C(=O)C(=O)N(Cc3ccc(F)cc3)C2c2cccc3ccccc23)cc1. The first-order chi connectivity index (χ1) is 16.4. The lowest BCUT2D eigenvalue weighted by Crippen LogP contribution is -2.29. The number of carbonyl (C=O) groups excluding carboxylic acids is 2. The highest BCUT2D eigenvalue weighted by atomic mass is 19.1. The quantitative estimate of drug-likeness (QED) is 0.238. The molecule has 1 unspecified atom stereocenters. The Labute approximate surface area is 196 Å². The second kappa shape index (κ2) is 8.60. The summed E-state index contributed by atoms with van der Waals surface area (Å²) >= 11 is 0. The summed E-state index contributed by atoms with van der Waals surface area (Å²) in [6.07, 6.45) is 0. The van der Waals surface area contributed by atoms with Crippen molar-refractivity contribution in [1.29, 1.82) is 0 Å². The van der Waals surface area contributed by atoms with Crippen LogP contribution < -0.4 is 0 Å². The molecule has 0 saturated carbocycles. The van der Waals surface area contributed by atoms with Crippen LogP contribution in [0.1, 0.15) is 28.3 Å². The highest BCUT2D eigenvalue weighted by Gasteiger charge is 2.46. The molecule has 1 atom stereocenters. The van der Waals surface area contributed by atoms with Crippen LogP contribution in [0.5, 0.6) is 0 Å². The molecule has 1 heterocycles. The highest BCUT2D eigenvalue weighted by molar-refractivity contribution is 6.46. The summed E-state index contributed by atoms with van der Waals surface area (Å²) in [5.74, 6) is -2.03. The van der Waals surface area contributed by atoms with E-state index in [0.29, 0.717) is 11.1 Å². The summed E-state index contributed by atoms with van der Waals surface area (Å²) in [6.45, 7) is 2.03. The van der Waals surface area contributed by atoms with Crippen molar-refractivity contribution in [3.05, 3.63) is 125 Å². The van der Waals surface area contributed by atoms with Gasteiger partial charge in [0.05, 0.1) is 11.6 Å². The van der Waals surface area contributed by atoms with Crippen molar-refractivity contribution in [1.82, 2.24) is 4.90 Å². The van der Waals surface area contributed by atoms with Crippen LogP contribution in [0.25, 0.3) is 16.5 Å². The number of halogens is 1. The molecule has 1 amide bonds. The molecule has 4 nitrogen and oxygen atoms in total. The van der Waals surface area contributed by atoms with Gasteiger partial charge in [0.15, 0.2) is 0 Å². The van der Waals surface area contributed by atoms with E-state index in [9.17, 15) is 19.1 Å². The lowest BCUT2D eigenvalue weighted by atomic mass is 9.91. The molecular weight excluding hydrogens is 429 g/mol. The molecule has 1 saturated heterocycles. The number of rotatable bonds is 4. The molecule has 0 spiro atoms. The van der Waals surface area contributed by atoms with E-state index in [0.717, 1.165) is 21.9 Å². The van der Waals surface area contributed by atoms with Gasteiger partial charge in [-0.15, -0.1) is 0 Å². The average Bonchev–Trinajstić information content (AvgIpc) is 3.10. The van der Waals surface area contributed by atoms with Gasteiger partial charge in [0.1, 0.15) is 11.6 Å². The lowest BCUT2D eigenvalue weighted by molar-refractivity contribution is -0.140. The van der Waals surface area contributed by atoms with Gasteiger partial charge in [-0.2, -0.15) is 0 Å². The maximum Gasteiger partial charge on any atom is 0.295 e. The fourth-order valence-corrected chi connectivity index (χ4v) is 4.51. The zero-order valence-electron chi connectivity index (χ0n) is 18.5. The number of benzene rings is 4. The Morgan fingerprint density at radius 2 is 1.56 bits per heavy atom. The second-order valence-electron chi connectivity index (χ2n) is 8.49. The number of nitrogens with zero attached hydrogens (tertiary/aromatic N) is 1. The van der Waals surface area contributed by atoms with Crippen molar-refractivity contribution in [2.45, 2.75) is 19.5 Å². The van der Waals surface area contributed by atoms with E-state index in [4.69, 9.17) is 0 Å². The number of hydrogen-bond donors (Lipinski definition) is 1. The maximum absolute atomic E-state index is 13.5. The standard InChI is InChI=1S/C29H22FNO3/c1-18-9-13-21(14-10-18)27(32)25-26(24-8-4-6-20-5-2-3-7-23(20)24)31(29(34)28(25)33)17-19-11-15-22(30)16-12-19/h2-16,26,32H,17H2,1H3/b27-25-. The summed E-state index contributed by atoms with van der Waals surface area (Å²) in [6, 6.07) is 25.6. The third-order valence-electron chi connectivity index (χ3n) is 6.25. The maximum atomic E-state index is 13.5. The van der Waals surface area contributed by atoms with Crippen molar-refractivity contribution in [2.24, 2.45) is 0 Å². The van der Waals surface area contributed by atoms with Crippen LogP contribution in [0.4, 0.5) is 4.39 Å². The first-order valence-corrected chi connectivity index (χ1v) is 11.0. The molecule has 168 valence electrons. The molecule has 0 aromatic heterocycles. The predicted molar refractivity (Wildman–Crippen MR) is 129 cm³/mol. The van der Waals surface area contributed by atoms with Crippen LogP contribution in [-0.4, -0.2) is 21.7 Å². The van der Waals surface area contributed by atoms with E-state index in [2.05, 4.69) is 0 Å². The van der Waals surface area contributed by atoms with Crippen LogP contribution in [0.15, 0.2) is 96.6 Å². The molecule has 1 N–H and O–H groups in total. The van der Waals surface area contributed by atoms with E-state index in [1.54, 1.807) is 24.3 Å². The van der Waals surface area contributed by atoms with Gasteiger partial charge in [-0.1, -0.05) is 84.4 Å². The van der Waals surface area contributed by atoms with Gasteiger partial charge < -0.3 is 10.0 Å². The molecule has 34 heavy (non-hydrogen) atoms. The van der Waals surface area contributed by atoms with Gasteiger partial charge in [-0.25, -0.2) is 4.39 Å². The number of likely N-dealkylation sites (tertiary alicyclic amines) is 1. The van der Waals surface area contributed by atoms with E-state index in [1.807, 2.05) is 61.5 Å². The Bertz CT molecular complexity index is 1430. The number of aliphatic hydroxyl groups excluding tert-OH is 1. The third kappa shape index (κ3) is 3.75. The Morgan fingerprint density at radius 1 is 0.882 bits per heavy atom. The summed E-state index contributed by atoms with van der Waals surface area (Å²) in [5, 5.41) is 13.1. The number of fused-ring (bicyclic) bond motifs is 1. The number of aliphatic hydroxyl groups is 1. The molecule has 5 heteroatoms. The topological polar surface area (TPSA) is 57.6 Å². The summed E-state index contributed by atoms with van der Waals surface area (Å²) in [7, 11) is 0. The fourth-order valence-electron chi connectivity index (χ4n) is 4.51. The molecule has 1 fully saturated rings. The predicted octanol–water partition coefficient (Wildman–Crippen LogP) is 5.91. The van der Waals surface area contributed by atoms with E-state index in [-0.39, 0.29) is 23.7 Å². The number of carbonyl (C=O) groups is 2. The van der Waals surface area contributed by atoms with E-state index < -0.39 is 17.7 Å². The zero-order chi connectivity index (χ0) is 23.8. The molecule has 0 radical (unpaired) electrons. The van der Waals surface area contributed by atoms with Crippen LogP contribution >= 0.6 is 0 Å². The Kier molecular flexibility index (Phi) is 5.46. The number of Topliss-reactive ketones (excluding diaryl/α,β-unsaturated/α-hetero) is 1. The second-order valence-corrected chi connectivity index (χ2v) is 8.49. The summed E-state index contributed by atoms with van der Waals surface area (Å²) in [5.41, 5.74) is 2.96. The first kappa shape index (κ1) is 21.6. The monoisotopic (exact) mass is 451 g/mol. The van der Waals surface area contributed by atoms with Gasteiger partial charge in [0.25, 0.3) is 11.7 Å². The molecule has 5 rings (SSSR count). The molecule has 1 aliphatic rings. The number of aryl methyl sites for hydroxylation is 1. The average molecular weight is 451 g/mol. The molecule has 4 aromatic carbocycles. The zero-order valence-corrected chi connectivity index (χ0v) is 18.5. The Hall–Kier alpha value is -4.25. The molecule has 0 aliphatic carbocycles. The van der Waals surface area contributed by atoms with Crippen molar-refractivity contribution in [3.63, 3.8) is 0 Å². The van der Waals surface area contributed by atoms with Gasteiger partial charge in [0, 0.05) is 12.1 Å². The first-order valence-electron chi connectivity index (χ1n) is 11.0. The van der Waals surface area contributed by atoms with Gasteiger partial charge in [0.2, 0.25) is 0 Å². The van der Waals surface area contributed by atoms with Gasteiger partial charge in [-0.3, -0.25) is 9.59 Å². The fraction of sp³-hybridized carbons (Fsp3) is 0.103. The highest BCUT2D eigenvalue weighted by Crippen LogP contribution is 2.42. The van der Waals surface area contributed by atoms with Crippen molar-refractivity contribution in [3.8, 4) is 0 Å². The number of amides is 1. The van der Waals surface area contributed by atoms with Crippen LogP contribution in [0.2, 0.25) is 0 Å². The number of hydrogen-bond acceptors (Lipinski definition) is 3. The van der Waals surface area contributed by atoms with Crippen molar-refractivity contribution >= 4 is 28.2 Å². The van der Waals surface area contributed by atoms with Crippen LogP contribution in [-0.2, 0) is 16.1 Å². The molecular formula is C29H22FNO3. The van der Waals surface area contributed by atoms with E-state index in [1.165, 1.54) is 17.0 Å². The van der Waals surface area contributed by atoms with E-state index >= 15 is 0 Å². The third-order valence-corrected chi connectivity index (χ3v) is 6.25. The lowest BCUT2D eigenvalue weighted by Gasteiger charge is -2.26. The van der Waals surface area contributed by atoms with Crippen molar-refractivity contribution in [2.75, 3.05) is 0 Å². The minimum absolute atomic E-state index is 0.0484. The summed E-state index contributed by atoms with van der Waals surface area (Å²) < 4.78 is 13.5. The smallest absolute Gasteiger partial charge is 0.295 e. The Morgan fingerprint density at radius 3 is 2.29 bits per heavy atom. The largest absolute Gasteiger partial charge is 0.507 e. The molecule has 1 aliphatic heterocycles. The van der Waals surface area contributed by atoms with Crippen LogP contribution in [0.3, 0.4) is 0 Å². The summed E-state index contributed by atoms with van der Waals surface area (Å²) in [4.78, 5) is 28.0. The van der Waals surface area contributed by atoms with Crippen LogP contribution in [0, 0.1) is 12.7 Å². The van der Waals surface area contributed by atoms with Gasteiger partial charge >= 0.3 is 0 Å². The van der Waals surface area contributed by atoms with Crippen molar-refractivity contribution < 1.29 is 19.1 Å². The molecule has 0 bridgehead atoms. The number of ketones is 1. The normalized spacial score (nSPS) is 17.5. The van der Waals surface area contributed by atoms with Gasteiger partial charge in [-0.05, 0) is 41.0 Å². The Balaban J connectivity index is 1.72. The minimum atomic E-state index is -0.794. The minimum Gasteiger partial charge on any atom is -0.507 e.